The van der Waals surface area contributed by atoms with Gasteiger partial charge in [0.15, 0.2) is 0 Å². The summed E-state index contributed by atoms with van der Waals surface area (Å²) >= 11 is 0. The standard InChI is InChI=1S/C5H10O3.C4H8O/c1-3-8-5(6)4-7-2;1-2-4-5-3-1/h3-4H2,1-2H3;1-4H2. The monoisotopic (exact) mass is 190 g/mol. The van der Waals surface area contributed by atoms with Gasteiger partial charge in [-0.1, -0.05) is 0 Å². The zero-order valence-corrected chi connectivity index (χ0v) is 8.38. The Bertz CT molecular complexity index is 105. The minimum absolute atomic E-state index is 0.0494. The smallest absolute Gasteiger partial charge is 0.332 e. The van der Waals surface area contributed by atoms with Gasteiger partial charge in [0.1, 0.15) is 6.61 Å². The van der Waals surface area contributed by atoms with Crippen molar-refractivity contribution in [2.75, 3.05) is 33.5 Å². The molecule has 1 rings (SSSR count). The van der Waals surface area contributed by atoms with Gasteiger partial charge in [0.05, 0.1) is 6.61 Å². The first-order valence-electron chi connectivity index (χ1n) is 4.53. The minimum Gasteiger partial charge on any atom is -0.464 e. The van der Waals surface area contributed by atoms with E-state index in [2.05, 4.69) is 9.47 Å². The largest absolute Gasteiger partial charge is 0.464 e. The van der Waals surface area contributed by atoms with Crippen molar-refractivity contribution in [1.82, 2.24) is 0 Å². The van der Waals surface area contributed by atoms with Gasteiger partial charge in [-0.25, -0.2) is 4.79 Å². The summed E-state index contributed by atoms with van der Waals surface area (Å²) in [6.07, 6.45) is 2.56. The van der Waals surface area contributed by atoms with Crippen molar-refractivity contribution in [2.24, 2.45) is 0 Å². The molecule has 0 atom stereocenters. The first-order chi connectivity index (χ1) is 6.31. The summed E-state index contributed by atoms with van der Waals surface area (Å²) in [5, 5.41) is 0. The molecule has 1 saturated heterocycles. The maximum Gasteiger partial charge on any atom is 0.332 e. The molecule has 0 bridgehead atoms. The van der Waals surface area contributed by atoms with Crippen molar-refractivity contribution in [2.45, 2.75) is 19.8 Å². The molecule has 13 heavy (non-hydrogen) atoms. The minimum atomic E-state index is -0.310. The fourth-order valence-corrected chi connectivity index (χ4v) is 0.831. The number of hydrogen-bond acceptors (Lipinski definition) is 4. The van der Waals surface area contributed by atoms with Gasteiger partial charge in [-0.2, -0.15) is 0 Å². The fourth-order valence-electron chi connectivity index (χ4n) is 0.831. The van der Waals surface area contributed by atoms with E-state index in [0.29, 0.717) is 6.61 Å². The normalized spacial score (nSPS) is 14.6. The van der Waals surface area contributed by atoms with Gasteiger partial charge < -0.3 is 14.2 Å². The molecule has 0 saturated carbocycles. The maximum absolute atomic E-state index is 10.3. The third kappa shape index (κ3) is 9.30. The molecule has 78 valence electrons. The van der Waals surface area contributed by atoms with Gasteiger partial charge in [-0.05, 0) is 19.8 Å². The molecule has 1 aliphatic rings. The third-order valence-corrected chi connectivity index (χ3v) is 1.39. The van der Waals surface area contributed by atoms with Crippen molar-refractivity contribution in [3.63, 3.8) is 0 Å². The summed E-state index contributed by atoms with van der Waals surface area (Å²) in [6.45, 7) is 4.23. The Morgan fingerprint density at radius 2 is 2.00 bits per heavy atom. The van der Waals surface area contributed by atoms with Crippen LogP contribution in [0.25, 0.3) is 0 Å². The molecule has 1 fully saturated rings. The Kier molecular flexibility index (Phi) is 9.03. The molecule has 4 heteroatoms. The SMILES string of the molecule is C1CCOC1.CCOC(=O)COC. The number of carbonyl (C=O) groups is 1. The van der Waals surface area contributed by atoms with Crippen LogP contribution in [0.5, 0.6) is 0 Å². The highest BCUT2D eigenvalue weighted by Gasteiger charge is 1.96. The molecule has 0 aliphatic carbocycles. The highest BCUT2D eigenvalue weighted by Crippen LogP contribution is 1.98. The zero-order valence-electron chi connectivity index (χ0n) is 8.38. The second kappa shape index (κ2) is 9.48. The van der Waals surface area contributed by atoms with E-state index >= 15 is 0 Å². The van der Waals surface area contributed by atoms with E-state index in [1.807, 2.05) is 0 Å². The molecule has 4 nitrogen and oxygen atoms in total. The quantitative estimate of drug-likeness (QED) is 0.623. The average molecular weight is 190 g/mol. The summed E-state index contributed by atoms with van der Waals surface area (Å²) < 4.78 is 13.9. The molecule has 1 heterocycles. The Balaban J connectivity index is 0.000000243. The van der Waals surface area contributed by atoms with Gasteiger partial charge in [0.2, 0.25) is 0 Å². The van der Waals surface area contributed by atoms with Gasteiger partial charge in [0, 0.05) is 20.3 Å². The number of rotatable bonds is 3. The molecule has 0 N–H and O–H groups in total. The van der Waals surface area contributed by atoms with E-state index in [4.69, 9.17) is 4.74 Å². The van der Waals surface area contributed by atoms with Crippen LogP contribution < -0.4 is 0 Å². The number of hydrogen-bond donors (Lipinski definition) is 0. The van der Waals surface area contributed by atoms with Crippen molar-refractivity contribution < 1.29 is 19.0 Å². The van der Waals surface area contributed by atoms with Crippen molar-refractivity contribution in [3.8, 4) is 0 Å². The first kappa shape index (κ1) is 12.4. The molecule has 0 aromatic rings. The van der Waals surface area contributed by atoms with Crippen LogP contribution >= 0.6 is 0 Å². The van der Waals surface area contributed by atoms with Gasteiger partial charge in [-0.15, -0.1) is 0 Å². The second-order valence-corrected chi connectivity index (χ2v) is 2.56. The van der Waals surface area contributed by atoms with E-state index in [-0.39, 0.29) is 12.6 Å². The van der Waals surface area contributed by atoms with Crippen LogP contribution in [-0.2, 0) is 19.0 Å². The number of esters is 1. The zero-order chi connectivity index (χ0) is 9.94. The summed E-state index contributed by atoms with van der Waals surface area (Å²) in [7, 11) is 1.46. The third-order valence-electron chi connectivity index (χ3n) is 1.39. The predicted molar refractivity (Wildman–Crippen MR) is 48.6 cm³/mol. The second-order valence-electron chi connectivity index (χ2n) is 2.56. The van der Waals surface area contributed by atoms with E-state index in [1.54, 1.807) is 6.92 Å². The van der Waals surface area contributed by atoms with Crippen molar-refractivity contribution >= 4 is 5.97 Å². The van der Waals surface area contributed by atoms with Gasteiger partial charge in [-0.3, -0.25) is 0 Å². The lowest BCUT2D eigenvalue weighted by Crippen LogP contribution is -2.10. The van der Waals surface area contributed by atoms with Crippen molar-refractivity contribution in [1.29, 1.82) is 0 Å². The van der Waals surface area contributed by atoms with Crippen LogP contribution in [-0.4, -0.2) is 39.5 Å². The van der Waals surface area contributed by atoms with E-state index in [1.165, 1.54) is 20.0 Å². The summed E-state index contributed by atoms with van der Waals surface area (Å²) in [4.78, 5) is 10.3. The molecule has 0 amide bonds. The Hall–Kier alpha value is -0.610. The topological polar surface area (TPSA) is 44.8 Å². The Labute approximate surface area is 79.2 Å². The van der Waals surface area contributed by atoms with E-state index in [9.17, 15) is 4.79 Å². The summed E-state index contributed by atoms with van der Waals surface area (Å²) in [5.74, 6) is -0.310. The molecule has 0 unspecified atom stereocenters. The highest BCUT2D eigenvalue weighted by atomic mass is 16.6. The maximum atomic E-state index is 10.3. The summed E-state index contributed by atoms with van der Waals surface area (Å²) in [5.41, 5.74) is 0. The van der Waals surface area contributed by atoms with E-state index in [0.717, 1.165) is 13.2 Å². The molecule has 1 aliphatic heterocycles. The van der Waals surface area contributed by atoms with Crippen LogP contribution in [0, 0.1) is 0 Å². The lowest BCUT2D eigenvalue weighted by atomic mass is 10.4. The van der Waals surface area contributed by atoms with Gasteiger partial charge in [0.25, 0.3) is 0 Å². The van der Waals surface area contributed by atoms with E-state index < -0.39 is 0 Å². The number of methoxy groups -OCH3 is 1. The van der Waals surface area contributed by atoms with Crippen LogP contribution in [0.3, 0.4) is 0 Å². The lowest BCUT2D eigenvalue weighted by Gasteiger charge is -1.97. The predicted octanol–water partition coefficient (Wildman–Crippen LogP) is 0.993. The summed E-state index contributed by atoms with van der Waals surface area (Å²) in [6, 6.07) is 0. The molecular weight excluding hydrogens is 172 g/mol. The number of carbonyl (C=O) groups excluding carboxylic acids is 1. The van der Waals surface area contributed by atoms with Crippen LogP contribution in [0.15, 0.2) is 0 Å². The number of ether oxygens (including phenoxy) is 3. The molecular formula is C9H18O4. The lowest BCUT2D eigenvalue weighted by molar-refractivity contribution is -0.147. The highest BCUT2D eigenvalue weighted by molar-refractivity contribution is 5.70. The van der Waals surface area contributed by atoms with Crippen LogP contribution in [0.4, 0.5) is 0 Å². The molecule has 0 aromatic carbocycles. The fraction of sp³-hybridized carbons (Fsp3) is 0.889. The first-order valence-corrected chi connectivity index (χ1v) is 4.53. The molecule has 0 spiro atoms. The van der Waals surface area contributed by atoms with Gasteiger partial charge >= 0.3 is 5.97 Å². The average Bonchev–Trinajstić information content (AvgIpc) is 2.61. The Morgan fingerprint density at radius 1 is 1.38 bits per heavy atom. The van der Waals surface area contributed by atoms with Crippen LogP contribution in [0.2, 0.25) is 0 Å². The Morgan fingerprint density at radius 3 is 2.31 bits per heavy atom. The molecule has 0 radical (unpaired) electrons. The van der Waals surface area contributed by atoms with Crippen molar-refractivity contribution in [3.05, 3.63) is 0 Å². The molecule has 0 aromatic heterocycles. The van der Waals surface area contributed by atoms with Crippen LogP contribution in [0.1, 0.15) is 19.8 Å².